The molecule has 0 rings (SSSR count). The second-order valence-corrected chi connectivity index (χ2v) is 5.92. The number of hydrogen-bond acceptors (Lipinski definition) is 4. The van der Waals surface area contributed by atoms with Crippen LogP contribution < -0.4 is 5.73 Å². The van der Waals surface area contributed by atoms with Crippen molar-refractivity contribution in [2.75, 3.05) is 33.1 Å². The molecular formula is C8H18N2O3S2. The van der Waals surface area contributed by atoms with Crippen LogP contribution in [-0.4, -0.2) is 50.8 Å². The first-order valence-electron chi connectivity index (χ1n) is 4.61. The summed E-state index contributed by atoms with van der Waals surface area (Å²) in [6.45, 7) is 0.785. The minimum Gasteiger partial charge on any atom is -0.393 e. The summed E-state index contributed by atoms with van der Waals surface area (Å²) in [7, 11) is -0.117. The van der Waals surface area contributed by atoms with Crippen molar-refractivity contribution < 1.29 is 13.2 Å². The van der Waals surface area contributed by atoms with Gasteiger partial charge in [-0.25, -0.2) is 12.7 Å². The van der Waals surface area contributed by atoms with Gasteiger partial charge in [0.1, 0.15) is 0 Å². The minimum absolute atomic E-state index is 0.0919. The Balaban J connectivity index is 4.03. The van der Waals surface area contributed by atoms with E-state index in [0.29, 0.717) is 31.0 Å². The zero-order valence-electron chi connectivity index (χ0n) is 9.10. The lowest BCUT2D eigenvalue weighted by Crippen LogP contribution is -2.32. The van der Waals surface area contributed by atoms with E-state index in [4.69, 9.17) is 10.5 Å². The third-order valence-corrected chi connectivity index (χ3v) is 4.04. The van der Waals surface area contributed by atoms with Gasteiger partial charge in [0.2, 0.25) is 10.0 Å². The van der Waals surface area contributed by atoms with Gasteiger partial charge in [0.15, 0.2) is 0 Å². The van der Waals surface area contributed by atoms with Crippen molar-refractivity contribution in [2.24, 2.45) is 5.73 Å². The van der Waals surface area contributed by atoms with E-state index in [0.717, 1.165) is 0 Å². The topological polar surface area (TPSA) is 72.6 Å². The molecule has 0 aliphatic rings. The highest BCUT2D eigenvalue weighted by Crippen LogP contribution is 2.01. The summed E-state index contributed by atoms with van der Waals surface area (Å²) in [5, 5.41) is 0. The lowest BCUT2D eigenvalue weighted by atomic mass is 10.4. The van der Waals surface area contributed by atoms with Gasteiger partial charge >= 0.3 is 0 Å². The van der Waals surface area contributed by atoms with Crippen molar-refractivity contribution in [2.45, 2.75) is 12.8 Å². The quantitative estimate of drug-likeness (QED) is 0.486. The highest BCUT2D eigenvalue weighted by Gasteiger charge is 2.16. The Kier molecular flexibility index (Phi) is 6.99. The van der Waals surface area contributed by atoms with Crippen LogP contribution >= 0.6 is 12.2 Å². The number of sulfonamides is 1. The Morgan fingerprint density at radius 1 is 1.53 bits per heavy atom. The largest absolute Gasteiger partial charge is 0.393 e. The van der Waals surface area contributed by atoms with Crippen molar-refractivity contribution in [1.29, 1.82) is 0 Å². The van der Waals surface area contributed by atoms with E-state index >= 15 is 0 Å². The predicted octanol–water partition coefficient (Wildman–Crippen LogP) is -0.0393. The van der Waals surface area contributed by atoms with Crippen LogP contribution in [0.1, 0.15) is 12.8 Å². The molecule has 0 aromatic heterocycles. The van der Waals surface area contributed by atoms with Gasteiger partial charge in [-0.1, -0.05) is 12.2 Å². The van der Waals surface area contributed by atoms with E-state index in [9.17, 15) is 8.42 Å². The van der Waals surface area contributed by atoms with Gasteiger partial charge in [0.25, 0.3) is 0 Å². The fraction of sp³-hybridized carbons (Fsp3) is 0.875. The van der Waals surface area contributed by atoms with Crippen LogP contribution in [0.3, 0.4) is 0 Å². The van der Waals surface area contributed by atoms with E-state index in [1.165, 1.54) is 11.4 Å². The average molecular weight is 254 g/mol. The number of hydrogen-bond donors (Lipinski definition) is 1. The molecule has 0 aromatic rings. The average Bonchev–Trinajstić information content (AvgIpc) is 2.14. The van der Waals surface area contributed by atoms with Crippen LogP contribution in [-0.2, 0) is 14.8 Å². The third kappa shape index (κ3) is 6.77. The van der Waals surface area contributed by atoms with E-state index in [2.05, 4.69) is 12.2 Å². The predicted molar refractivity (Wildman–Crippen MR) is 64.3 cm³/mol. The highest BCUT2D eigenvalue weighted by atomic mass is 32.2. The van der Waals surface area contributed by atoms with E-state index < -0.39 is 10.0 Å². The van der Waals surface area contributed by atoms with Crippen LogP contribution in [0.4, 0.5) is 0 Å². The molecule has 2 N–H and O–H groups in total. The van der Waals surface area contributed by atoms with Crippen molar-refractivity contribution in [3.63, 3.8) is 0 Å². The number of rotatable bonds is 8. The van der Waals surface area contributed by atoms with Crippen LogP contribution in [0.25, 0.3) is 0 Å². The molecule has 0 bridgehead atoms. The maximum absolute atomic E-state index is 11.6. The lowest BCUT2D eigenvalue weighted by molar-refractivity contribution is 0.199. The summed E-state index contributed by atoms with van der Waals surface area (Å²) in [6.07, 6.45) is 0.908. The molecule has 0 aromatic carbocycles. The number of nitrogens with two attached hydrogens (primary N) is 1. The molecule has 5 nitrogen and oxygen atoms in total. The third-order valence-electron chi connectivity index (χ3n) is 1.90. The SMILES string of the molecule is COCCCS(=O)(=O)N(C)CCC(N)=S. The van der Waals surface area contributed by atoms with Crippen LogP contribution in [0, 0.1) is 0 Å². The van der Waals surface area contributed by atoms with Gasteiger partial charge < -0.3 is 10.5 Å². The van der Waals surface area contributed by atoms with Gasteiger partial charge in [0.05, 0.1) is 10.7 Å². The Morgan fingerprint density at radius 3 is 2.60 bits per heavy atom. The molecule has 15 heavy (non-hydrogen) atoms. The zero-order chi connectivity index (χ0) is 11.9. The number of ether oxygens (including phenoxy) is 1. The summed E-state index contributed by atoms with van der Waals surface area (Å²) in [4.78, 5) is 0.328. The minimum atomic E-state index is -3.19. The number of methoxy groups -OCH3 is 1. The molecular weight excluding hydrogens is 236 g/mol. The van der Waals surface area contributed by atoms with Crippen LogP contribution in [0.2, 0.25) is 0 Å². The van der Waals surface area contributed by atoms with Gasteiger partial charge in [-0.2, -0.15) is 0 Å². The Morgan fingerprint density at radius 2 is 2.13 bits per heavy atom. The summed E-state index contributed by atoms with van der Waals surface area (Å²) in [5.74, 6) is 0.0919. The van der Waals surface area contributed by atoms with E-state index in [1.54, 1.807) is 7.11 Å². The fourth-order valence-electron chi connectivity index (χ4n) is 0.948. The molecule has 0 aliphatic heterocycles. The van der Waals surface area contributed by atoms with Crippen molar-refractivity contribution in [3.8, 4) is 0 Å². The molecule has 0 fully saturated rings. The maximum Gasteiger partial charge on any atom is 0.213 e. The molecule has 7 heteroatoms. The Bertz CT molecular complexity index is 290. The molecule has 0 atom stereocenters. The first-order chi connectivity index (χ1) is 6.90. The molecule has 0 saturated heterocycles. The normalized spacial score (nSPS) is 11.9. The molecule has 0 heterocycles. The first kappa shape index (κ1) is 14.8. The van der Waals surface area contributed by atoms with Crippen molar-refractivity contribution in [1.82, 2.24) is 4.31 Å². The monoisotopic (exact) mass is 254 g/mol. The standard InChI is InChI=1S/C8H18N2O3S2/c1-10(5-4-8(9)14)15(11,12)7-3-6-13-2/h3-7H2,1-2H3,(H2,9,14). The Hall–Kier alpha value is -0.240. The number of thiocarbonyl (C=S) groups is 1. The van der Waals surface area contributed by atoms with Gasteiger partial charge in [-0.15, -0.1) is 0 Å². The zero-order valence-corrected chi connectivity index (χ0v) is 10.7. The first-order valence-corrected chi connectivity index (χ1v) is 6.63. The second-order valence-electron chi connectivity index (χ2n) is 3.20. The van der Waals surface area contributed by atoms with Gasteiger partial charge in [-0.05, 0) is 6.42 Å². The van der Waals surface area contributed by atoms with Crippen LogP contribution in [0.15, 0.2) is 0 Å². The highest BCUT2D eigenvalue weighted by molar-refractivity contribution is 7.89. The van der Waals surface area contributed by atoms with Crippen molar-refractivity contribution >= 4 is 27.2 Å². The molecule has 0 aliphatic carbocycles. The molecule has 0 saturated carbocycles. The summed E-state index contributed by atoms with van der Waals surface area (Å²) in [5.41, 5.74) is 5.30. The van der Waals surface area contributed by atoms with Crippen molar-refractivity contribution in [3.05, 3.63) is 0 Å². The van der Waals surface area contributed by atoms with Gasteiger partial charge in [-0.3, -0.25) is 0 Å². The lowest BCUT2D eigenvalue weighted by Gasteiger charge is -2.16. The van der Waals surface area contributed by atoms with Crippen LogP contribution in [0.5, 0.6) is 0 Å². The Labute approximate surface area is 96.6 Å². The molecule has 0 radical (unpaired) electrons. The summed E-state index contributed by atoms with van der Waals surface area (Å²) >= 11 is 4.68. The summed E-state index contributed by atoms with van der Waals surface area (Å²) in [6, 6.07) is 0. The van der Waals surface area contributed by atoms with E-state index in [1.807, 2.05) is 0 Å². The maximum atomic E-state index is 11.6. The van der Waals surface area contributed by atoms with E-state index in [-0.39, 0.29) is 5.75 Å². The molecule has 90 valence electrons. The second kappa shape index (κ2) is 7.10. The molecule has 0 unspecified atom stereocenters. The van der Waals surface area contributed by atoms with Gasteiger partial charge in [0, 0.05) is 33.7 Å². The smallest absolute Gasteiger partial charge is 0.213 e. The number of nitrogens with zero attached hydrogens (tertiary/aromatic N) is 1. The fourth-order valence-corrected chi connectivity index (χ4v) is 2.20. The molecule has 0 amide bonds. The summed E-state index contributed by atoms with van der Waals surface area (Å²) < 4.78 is 29.3. The molecule has 0 spiro atoms.